The summed E-state index contributed by atoms with van der Waals surface area (Å²) in [4.78, 5) is 21.1. The highest BCUT2D eigenvalue weighted by Crippen LogP contribution is 2.38. The third-order valence-electron chi connectivity index (χ3n) is 2.76. The predicted octanol–water partition coefficient (Wildman–Crippen LogP) is 2.43. The molecule has 2 rings (SSSR count). The first kappa shape index (κ1) is 14.4. The van der Waals surface area contributed by atoms with Gasteiger partial charge in [-0.3, -0.25) is 4.57 Å². The maximum absolute atomic E-state index is 10.9. The Kier molecular flexibility index (Phi) is 4.28. The van der Waals surface area contributed by atoms with Gasteiger partial charge < -0.3 is 15.3 Å². The first-order chi connectivity index (χ1) is 9.49. The highest BCUT2D eigenvalue weighted by molar-refractivity contribution is 7.50. The standard InChI is InChI=1S/C14H13N2O3P/c15-16-14(12-4-2-1-3-5-12)13-8-6-11(7-9-13)10-20(17,18)19/h1-9H,10H2,(H2,17,18,19). The molecule has 0 aliphatic rings. The summed E-state index contributed by atoms with van der Waals surface area (Å²) >= 11 is 0. The molecular formula is C14H13N2O3P. The van der Waals surface area contributed by atoms with Crippen LogP contribution in [0.2, 0.25) is 0 Å². The Bertz CT molecular complexity index is 686. The van der Waals surface area contributed by atoms with Crippen molar-refractivity contribution >= 4 is 13.3 Å². The summed E-state index contributed by atoms with van der Waals surface area (Å²) in [6.07, 6.45) is -0.301. The van der Waals surface area contributed by atoms with Crippen LogP contribution >= 0.6 is 7.60 Å². The minimum atomic E-state index is -4.07. The van der Waals surface area contributed by atoms with Crippen LogP contribution in [0.15, 0.2) is 54.6 Å². The summed E-state index contributed by atoms with van der Waals surface area (Å²) in [5.41, 5.74) is 11.5. The normalized spacial score (nSPS) is 10.9. The van der Waals surface area contributed by atoms with Gasteiger partial charge in [-0.2, -0.15) is 4.79 Å². The molecule has 0 aliphatic carbocycles. The summed E-state index contributed by atoms with van der Waals surface area (Å²) in [5.74, 6) is 0. The van der Waals surface area contributed by atoms with Gasteiger partial charge >= 0.3 is 13.3 Å². The molecular weight excluding hydrogens is 275 g/mol. The van der Waals surface area contributed by atoms with Gasteiger partial charge in [-0.05, 0) is 29.8 Å². The van der Waals surface area contributed by atoms with Gasteiger partial charge in [0.05, 0.1) is 17.3 Å². The van der Waals surface area contributed by atoms with Gasteiger partial charge in [0.15, 0.2) is 0 Å². The largest absolute Gasteiger partial charge is 0.361 e. The van der Waals surface area contributed by atoms with E-state index < -0.39 is 7.60 Å². The van der Waals surface area contributed by atoms with Crippen LogP contribution in [-0.2, 0) is 10.7 Å². The van der Waals surface area contributed by atoms with Crippen LogP contribution in [0.1, 0.15) is 16.7 Å². The van der Waals surface area contributed by atoms with Gasteiger partial charge in [0, 0.05) is 0 Å². The van der Waals surface area contributed by atoms with Crippen molar-refractivity contribution in [1.29, 1.82) is 0 Å². The number of nitrogens with zero attached hydrogens (tertiary/aromatic N) is 2. The second-order valence-electron chi connectivity index (χ2n) is 4.33. The van der Waals surface area contributed by atoms with Crippen molar-refractivity contribution in [3.05, 3.63) is 76.8 Å². The van der Waals surface area contributed by atoms with Gasteiger partial charge in [0.1, 0.15) is 0 Å². The first-order valence-electron chi connectivity index (χ1n) is 5.91. The Morgan fingerprint density at radius 2 is 1.55 bits per heavy atom. The van der Waals surface area contributed by atoms with E-state index in [0.29, 0.717) is 16.8 Å². The molecule has 102 valence electrons. The third-order valence-corrected chi connectivity index (χ3v) is 3.54. The van der Waals surface area contributed by atoms with E-state index in [2.05, 4.69) is 4.79 Å². The predicted molar refractivity (Wildman–Crippen MR) is 75.5 cm³/mol. The van der Waals surface area contributed by atoms with Crippen molar-refractivity contribution in [3.8, 4) is 0 Å². The quantitative estimate of drug-likeness (QED) is 0.391. The van der Waals surface area contributed by atoms with Crippen LogP contribution in [0.4, 0.5) is 0 Å². The highest BCUT2D eigenvalue weighted by atomic mass is 31.2. The molecule has 0 unspecified atom stereocenters. The molecule has 2 aromatic rings. The Hall–Kier alpha value is -2.03. The molecule has 0 aromatic heterocycles. The van der Waals surface area contributed by atoms with E-state index in [-0.39, 0.29) is 6.16 Å². The second-order valence-corrected chi connectivity index (χ2v) is 5.98. The van der Waals surface area contributed by atoms with E-state index in [0.717, 1.165) is 5.56 Å². The topological polar surface area (TPSA) is 93.9 Å². The Morgan fingerprint density at radius 3 is 2.05 bits per heavy atom. The van der Waals surface area contributed by atoms with Crippen molar-refractivity contribution in [2.75, 3.05) is 0 Å². The molecule has 0 radical (unpaired) electrons. The molecule has 0 fully saturated rings. The van der Waals surface area contributed by atoms with Crippen LogP contribution < -0.4 is 0 Å². The summed E-state index contributed by atoms with van der Waals surface area (Å²) in [7, 11) is -4.07. The second kappa shape index (κ2) is 5.95. The van der Waals surface area contributed by atoms with Crippen molar-refractivity contribution in [1.82, 2.24) is 0 Å². The van der Waals surface area contributed by atoms with E-state index >= 15 is 0 Å². The van der Waals surface area contributed by atoms with E-state index in [1.807, 2.05) is 30.3 Å². The van der Waals surface area contributed by atoms with Crippen molar-refractivity contribution in [2.45, 2.75) is 6.16 Å². The van der Waals surface area contributed by atoms with Crippen molar-refractivity contribution in [2.24, 2.45) is 0 Å². The van der Waals surface area contributed by atoms with E-state index in [4.69, 9.17) is 15.3 Å². The molecule has 0 saturated heterocycles. The number of hydrogen-bond acceptors (Lipinski definition) is 1. The van der Waals surface area contributed by atoms with Crippen LogP contribution in [-0.4, -0.2) is 20.3 Å². The lowest BCUT2D eigenvalue weighted by atomic mass is 10.0. The lowest BCUT2D eigenvalue weighted by Gasteiger charge is -2.04. The Labute approximate surface area is 116 Å². The smallest absolute Gasteiger partial charge is 0.329 e. The fourth-order valence-electron chi connectivity index (χ4n) is 1.88. The molecule has 0 heterocycles. The third kappa shape index (κ3) is 3.73. The van der Waals surface area contributed by atoms with E-state index in [1.54, 1.807) is 24.3 Å². The lowest BCUT2D eigenvalue weighted by Crippen LogP contribution is -2.04. The molecule has 20 heavy (non-hydrogen) atoms. The summed E-state index contributed by atoms with van der Waals surface area (Å²) in [5, 5.41) is 0. The molecule has 0 bridgehead atoms. The zero-order valence-electron chi connectivity index (χ0n) is 10.5. The molecule has 0 spiro atoms. The fraction of sp³-hybridized carbons (Fsp3) is 0.0714. The average molecular weight is 288 g/mol. The monoisotopic (exact) mass is 288 g/mol. The van der Waals surface area contributed by atoms with E-state index in [9.17, 15) is 4.57 Å². The summed E-state index contributed by atoms with van der Waals surface area (Å²) in [6, 6.07) is 15.7. The zero-order valence-corrected chi connectivity index (χ0v) is 11.4. The zero-order chi connectivity index (χ0) is 14.6. The number of benzene rings is 2. The summed E-state index contributed by atoms with van der Waals surface area (Å²) in [6.45, 7) is 0. The minimum Gasteiger partial charge on any atom is -0.361 e. The molecule has 0 atom stereocenters. The van der Waals surface area contributed by atoms with Gasteiger partial charge in [-0.15, -0.1) is 0 Å². The molecule has 0 amide bonds. The van der Waals surface area contributed by atoms with Gasteiger partial charge in [0.25, 0.3) is 0 Å². The van der Waals surface area contributed by atoms with E-state index in [1.165, 1.54) is 0 Å². The molecule has 0 aliphatic heterocycles. The van der Waals surface area contributed by atoms with Crippen molar-refractivity contribution in [3.63, 3.8) is 0 Å². The minimum absolute atomic E-state index is 0.301. The molecule has 5 nitrogen and oxygen atoms in total. The Balaban J connectivity index is 2.30. The van der Waals surface area contributed by atoms with Gasteiger partial charge in [-0.1, -0.05) is 30.3 Å². The Morgan fingerprint density at radius 1 is 1.00 bits per heavy atom. The van der Waals surface area contributed by atoms with Crippen LogP contribution in [0, 0.1) is 0 Å². The van der Waals surface area contributed by atoms with Gasteiger partial charge in [0.2, 0.25) is 0 Å². The van der Waals surface area contributed by atoms with Crippen molar-refractivity contribution < 1.29 is 19.1 Å². The SMILES string of the molecule is [N-]=[N+]=C(c1ccccc1)c1ccc(CP(=O)(O)O)cc1. The fourth-order valence-corrected chi connectivity index (χ4v) is 2.57. The summed E-state index contributed by atoms with van der Waals surface area (Å²) < 4.78 is 10.9. The van der Waals surface area contributed by atoms with Gasteiger partial charge in [-0.25, -0.2) is 0 Å². The number of hydrogen-bond donors (Lipinski definition) is 2. The van der Waals surface area contributed by atoms with Crippen LogP contribution in [0.3, 0.4) is 0 Å². The van der Waals surface area contributed by atoms with Crippen LogP contribution in [0.5, 0.6) is 0 Å². The molecule has 0 saturated carbocycles. The number of rotatable bonds is 4. The molecule has 2 N–H and O–H groups in total. The maximum Gasteiger partial charge on any atom is 0.329 e. The lowest BCUT2D eigenvalue weighted by molar-refractivity contribution is -0.00279. The first-order valence-corrected chi connectivity index (χ1v) is 7.71. The molecule has 6 heteroatoms. The average Bonchev–Trinajstić information content (AvgIpc) is 2.41. The molecule has 2 aromatic carbocycles. The maximum atomic E-state index is 10.9. The van der Waals surface area contributed by atoms with Crippen LogP contribution in [0.25, 0.3) is 5.53 Å². The highest BCUT2D eigenvalue weighted by Gasteiger charge is 2.17.